The number of fused-ring (bicyclic) bond motifs is 1. The van der Waals surface area contributed by atoms with E-state index in [0.717, 1.165) is 25.2 Å². The largest absolute Gasteiger partial charge is 0.372 e. The van der Waals surface area contributed by atoms with Crippen molar-refractivity contribution >= 4 is 5.84 Å². The van der Waals surface area contributed by atoms with Gasteiger partial charge in [0.15, 0.2) is 0 Å². The average molecular weight is 154 g/mol. The fourth-order valence-electron chi connectivity index (χ4n) is 1.95. The van der Waals surface area contributed by atoms with Gasteiger partial charge < -0.3 is 10.0 Å². The summed E-state index contributed by atoms with van der Waals surface area (Å²) in [7, 11) is 0. The van der Waals surface area contributed by atoms with Gasteiger partial charge in [-0.3, -0.25) is 0 Å². The van der Waals surface area contributed by atoms with Crippen LogP contribution in [-0.4, -0.2) is 34.7 Å². The van der Waals surface area contributed by atoms with Crippen LogP contribution in [0.1, 0.15) is 26.2 Å². The van der Waals surface area contributed by atoms with Crippen molar-refractivity contribution in [3.05, 3.63) is 0 Å². The first-order valence-electron chi connectivity index (χ1n) is 4.29. The Balaban J connectivity index is 2.21. The lowest BCUT2D eigenvalue weighted by Gasteiger charge is -2.32. The lowest BCUT2D eigenvalue weighted by atomic mass is 10.1. The molecule has 62 valence electrons. The van der Waals surface area contributed by atoms with E-state index in [0.29, 0.717) is 6.04 Å². The highest BCUT2D eigenvalue weighted by atomic mass is 16.3. The van der Waals surface area contributed by atoms with E-state index < -0.39 is 6.23 Å². The molecule has 2 aliphatic heterocycles. The summed E-state index contributed by atoms with van der Waals surface area (Å²) in [4.78, 5) is 6.50. The Morgan fingerprint density at radius 1 is 1.64 bits per heavy atom. The van der Waals surface area contributed by atoms with Crippen LogP contribution in [0.25, 0.3) is 0 Å². The fourth-order valence-corrected chi connectivity index (χ4v) is 1.95. The normalized spacial score (nSPS) is 36.9. The molecule has 2 unspecified atom stereocenters. The van der Waals surface area contributed by atoms with Crippen molar-refractivity contribution in [2.45, 2.75) is 38.5 Å². The number of hydrogen-bond acceptors (Lipinski definition) is 3. The molecule has 0 aromatic rings. The summed E-state index contributed by atoms with van der Waals surface area (Å²) in [6.07, 6.45) is 2.62. The molecule has 2 heterocycles. The van der Waals surface area contributed by atoms with Gasteiger partial charge in [-0.1, -0.05) is 0 Å². The molecule has 2 atom stereocenters. The average Bonchev–Trinajstić information content (AvgIpc) is 2.34. The smallest absolute Gasteiger partial charge is 0.149 e. The molecule has 1 fully saturated rings. The number of aliphatic imine (C=N–C) groups is 1. The van der Waals surface area contributed by atoms with E-state index in [1.165, 1.54) is 6.42 Å². The first-order valence-corrected chi connectivity index (χ1v) is 4.29. The van der Waals surface area contributed by atoms with Gasteiger partial charge in [-0.2, -0.15) is 0 Å². The zero-order chi connectivity index (χ0) is 7.84. The molecule has 0 amide bonds. The third kappa shape index (κ3) is 1.13. The van der Waals surface area contributed by atoms with E-state index >= 15 is 0 Å². The minimum absolute atomic E-state index is 0.436. The van der Waals surface area contributed by atoms with Crippen LogP contribution in [0.2, 0.25) is 0 Å². The first-order chi connectivity index (χ1) is 5.27. The van der Waals surface area contributed by atoms with Crippen LogP contribution < -0.4 is 0 Å². The first kappa shape index (κ1) is 7.10. The number of amidine groups is 1. The highest BCUT2D eigenvalue weighted by molar-refractivity contribution is 5.85. The molecular formula is C8H14N2O. The van der Waals surface area contributed by atoms with Crippen molar-refractivity contribution < 1.29 is 5.11 Å². The molecule has 0 aliphatic carbocycles. The molecule has 0 radical (unpaired) electrons. The second-order valence-corrected chi connectivity index (χ2v) is 3.41. The molecule has 0 aromatic carbocycles. The van der Waals surface area contributed by atoms with E-state index in [1.807, 2.05) is 0 Å². The van der Waals surface area contributed by atoms with Crippen molar-refractivity contribution in [3.8, 4) is 0 Å². The molecule has 11 heavy (non-hydrogen) atoms. The van der Waals surface area contributed by atoms with Crippen molar-refractivity contribution in [2.75, 3.05) is 6.54 Å². The lowest BCUT2D eigenvalue weighted by molar-refractivity contribution is 0.127. The van der Waals surface area contributed by atoms with Gasteiger partial charge >= 0.3 is 0 Å². The van der Waals surface area contributed by atoms with E-state index in [-0.39, 0.29) is 0 Å². The summed E-state index contributed by atoms with van der Waals surface area (Å²) in [6.45, 7) is 3.29. The van der Waals surface area contributed by atoms with Gasteiger partial charge in [0, 0.05) is 25.4 Å². The lowest BCUT2D eigenvalue weighted by Crippen LogP contribution is -2.40. The molecule has 2 aliphatic rings. The third-order valence-corrected chi connectivity index (χ3v) is 2.51. The van der Waals surface area contributed by atoms with Gasteiger partial charge in [0.1, 0.15) is 12.1 Å². The summed E-state index contributed by atoms with van der Waals surface area (Å²) >= 11 is 0. The zero-order valence-electron chi connectivity index (χ0n) is 6.82. The van der Waals surface area contributed by atoms with Crippen LogP contribution in [0, 0.1) is 0 Å². The number of hydrogen-bond donors (Lipinski definition) is 1. The van der Waals surface area contributed by atoms with E-state index in [2.05, 4.69) is 16.8 Å². The maximum Gasteiger partial charge on any atom is 0.149 e. The Hall–Kier alpha value is -0.570. The van der Waals surface area contributed by atoms with Gasteiger partial charge in [-0.05, 0) is 13.3 Å². The quantitative estimate of drug-likeness (QED) is 0.554. The van der Waals surface area contributed by atoms with Crippen molar-refractivity contribution in [2.24, 2.45) is 4.99 Å². The van der Waals surface area contributed by atoms with E-state index in [4.69, 9.17) is 0 Å². The van der Waals surface area contributed by atoms with Crippen molar-refractivity contribution in [3.63, 3.8) is 0 Å². The number of nitrogens with zero attached hydrogens (tertiary/aromatic N) is 2. The maximum absolute atomic E-state index is 9.31. The van der Waals surface area contributed by atoms with Crippen molar-refractivity contribution in [1.82, 2.24) is 4.90 Å². The SMILES string of the molecule is CC1CC(O)N=C2CCCN21. The van der Waals surface area contributed by atoms with Crippen LogP contribution in [0.15, 0.2) is 4.99 Å². The molecule has 0 saturated carbocycles. The topological polar surface area (TPSA) is 35.8 Å². The Morgan fingerprint density at radius 3 is 3.27 bits per heavy atom. The van der Waals surface area contributed by atoms with E-state index in [1.54, 1.807) is 0 Å². The van der Waals surface area contributed by atoms with Crippen molar-refractivity contribution in [1.29, 1.82) is 0 Å². The molecule has 3 nitrogen and oxygen atoms in total. The summed E-state index contributed by atoms with van der Waals surface area (Å²) < 4.78 is 0. The Morgan fingerprint density at radius 2 is 2.45 bits per heavy atom. The predicted octanol–water partition coefficient (Wildman–Crippen LogP) is 0.591. The standard InChI is InChI=1S/C8H14N2O/c1-6-5-8(11)9-7-3-2-4-10(6)7/h6,8,11H,2-5H2,1H3. The zero-order valence-corrected chi connectivity index (χ0v) is 6.82. The number of aliphatic hydroxyl groups excluding tert-OH is 1. The highest BCUT2D eigenvalue weighted by Gasteiger charge is 2.29. The van der Waals surface area contributed by atoms with Gasteiger partial charge in [0.2, 0.25) is 0 Å². The van der Waals surface area contributed by atoms with Gasteiger partial charge in [0.05, 0.1) is 0 Å². The van der Waals surface area contributed by atoms with Gasteiger partial charge in [0.25, 0.3) is 0 Å². The molecule has 1 saturated heterocycles. The molecule has 0 spiro atoms. The second-order valence-electron chi connectivity index (χ2n) is 3.41. The van der Waals surface area contributed by atoms with Crippen LogP contribution in [0.5, 0.6) is 0 Å². The van der Waals surface area contributed by atoms with Gasteiger partial charge in [-0.25, -0.2) is 4.99 Å². The number of aliphatic hydroxyl groups is 1. The fraction of sp³-hybridized carbons (Fsp3) is 0.875. The third-order valence-electron chi connectivity index (χ3n) is 2.51. The summed E-state index contributed by atoms with van der Waals surface area (Å²) in [5, 5.41) is 9.31. The second kappa shape index (κ2) is 2.48. The maximum atomic E-state index is 9.31. The molecule has 0 aromatic heterocycles. The molecule has 1 N–H and O–H groups in total. The Bertz CT molecular complexity index is 191. The van der Waals surface area contributed by atoms with Crippen LogP contribution in [-0.2, 0) is 0 Å². The minimum atomic E-state index is -0.436. The Kier molecular flexibility index (Phi) is 1.60. The minimum Gasteiger partial charge on any atom is -0.372 e. The molecular weight excluding hydrogens is 140 g/mol. The van der Waals surface area contributed by atoms with Gasteiger partial charge in [-0.15, -0.1) is 0 Å². The monoisotopic (exact) mass is 154 g/mol. The van der Waals surface area contributed by atoms with E-state index in [9.17, 15) is 5.11 Å². The number of rotatable bonds is 0. The molecule has 2 rings (SSSR count). The Labute approximate surface area is 66.7 Å². The summed E-state index contributed by atoms with van der Waals surface area (Å²) in [6, 6.07) is 0.486. The predicted molar refractivity (Wildman–Crippen MR) is 43.5 cm³/mol. The molecule has 0 bridgehead atoms. The summed E-state index contributed by atoms with van der Waals surface area (Å²) in [5.41, 5.74) is 0. The van der Waals surface area contributed by atoms with Crippen LogP contribution >= 0.6 is 0 Å². The van der Waals surface area contributed by atoms with Crippen LogP contribution in [0.4, 0.5) is 0 Å². The summed E-state index contributed by atoms with van der Waals surface area (Å²) in [5.74, 6) is 1.12. The molecule has 3 heteroatoms. The highest BCUT2D eigenvalue weighted by Crippen LogP contribution is 2.23. The van der Waals surface area contributed by atoms with Crippen LogP contribution in [0.3, 0.4) is 0 Å².